The van der Waals surface area contributed by atoms with Gasteiger partial charge in [0.25, 0.3) is 0 Å². The van der Waals surface area contributed by atoms with Crippen molar-refractivity contribution in [2.45, 2.75) is 20.3 Å². The van der Waals surface area contributed by atoms with Gasteiger partial charge >= 0.3 is 0 Å². The summed E-state index contributed by atoms with van der Waals surface area (Å²) in [6.07, 6.45) is 0.456. The van der Waals surface area contributed by atoms with Crippen LogP contribution in [0.5, 0.6) is 0 Å². The predicted octanol–water partition coefficient (Wildman–Crippen LogP) is 5.21. The normalized spacial score (nSPS) is 11.0. The topological polar surface area (TPSA) is 51.8 Å². The molecule has 0 radical (unpaired) electrons. The molecule has 0 aliphatic carbocycles. The number of aryl methyl sites for hydroxylation is 2. The van der Waals surface area contributed by atoms with Crippen LogP contribution in [0.4, 0.5) is 4.39 Å². The van der Waals surface area contributed by atoms with E-state index in [1.54, 1.807) is 23.5 Å². The minimum absolute atomic E-state index is 0.327. The van der Waals surface area contributed by atoms with Crippen LogP contribution in [0.2, 0.25) is 0 Å². The van der Waals surface area contributed by atoms with Crippen molar-refractivity contribution in [2.24, 2.45) is 0 Å². The Morgan fingerprint density at radius 3 is 2.77 bits per heavy atom. The number of halogens is 1. The maximum atomic E-state index is 13.3. The summed E-state index contributed by atoms with van der Waals surface area (Å²) in [5.74, 6) is 0.517. The van der Waals surface area contributed by atoms with E-state index in [1.807, 2.05) is 5.38 Å². The van der Waals surface area contributed by atoms with Gasteiger partial charge in [-0.05, 0) is 31.5 Å². The Kier molecular flexibility index (Phi) is 4.34. The molecule has 0 amide bonds. The van der Waals surface area contributed by atoms with Crippen LogP contribution in [0, 0.1) is 19.7 Å². The standard InChI is InChI=1S/C20H16FN3OS/c1-12-6-7-16(13(2)8-12)17-11-26-19(22-17)10-18-23-20(24-25-18)14-4-3-5-15(21)9-14/h3-9,11H,10H2,1-2H3. The van der Waals surface area contributed by atoms with Gasteiger partial charge in [0.1, 0.15) is 10.8 Å². The zero-order valence-corrected chi connectivity index (χ0v) is 15.2. The van der Waals surface area contributed by atoms with E-state index in [9.17, 15) is 4.39 Å². The molecular weight excluding hydrogens is 349 g/mol. The molecule has 0 saturated carbocycles. The van der Waals surface area contributed by atoms with Gasteiger partial charge in [-0.3, -0.25) is 0 Å². The first-order chi connectivity index (χ1) is 12.6. The number of rotatable bonds is 4. The van der Waals surface area contributed by atoms with Crippen LogP contribution >= 0.6 is 11.3 Å². The number of hydrogen-bond donors (Lipinski definition) is 0. The summed E-state index contributed by atoms with van der Waals surface area (Å²) in [6.45, 7) is 4.17. The van der Waals surface area contributed by atoms with Gasteiger partial charge < -0.3 is 4.52 Å². The highest BCUT2D eigenvalue weighted by molar-refractivity contribution is 7.10. The van der Waals surface area contributed by atoms with Crippen molar-refractivity contribution in [3.8, 4) is 22.6 Å². The third-order valence-electron chi connectivity index (χ3n) is 4.06. The Morgan fingerprint density at radius 2 is 1.96 bits per heavy atom. The van der Waals surface area contributed by atoms with Crippen LogP contribution in [0.15, 0.2) is 52.4 Å². The number of hydrogen-bond acceptors (Lipinski definition) is 5. The fourth-order valence-electron chi connectivity index (χ4n) is 2.82. The lowest BCUT2D eigenvalue weighted by atomic mass is 10.0. The molecule has 130 valence electrons. The average Bonchev–Trinajstić information content (AvgIpc) is 3.25. The fraction of sp³-hybridized carbons (Fsp3) is 0.150. The molecule has 6 heteroatoms. The van der Waals surface area contributed by atoms with Crippen LogP contribution < -0.4 is 0 Å². The molecule has 0 N–H and O–H groups in total. The van der Waals surface area contributed by atoms with Crippen LogP contribution in [0.25, 0.3) is 22.6 Å². The van der Waals surface area contributed by atoms with Crippen molar-refractivity contribution in [3.63, 3.8) is 0 Å². The Balaban J connectivity index is 1.55. The van der Waals surface area contributed by atoms with E-state index in [1.165, 1.54) is 23.3 Å². The summed E-state index contributed by atoms with van der Waals surface area (Å²) in [4.78, 5) is 9.04. The summed E-state index contributed by atoms with van der Waals surface area (Å²) in [5, 5.41) is 6.87. The Labute approximate surface area is 154 Å². The lowest BCUT2D eigenvalue weighted by Crippen LogP contribution is -1.90. The van der Waals surface area contributed by atoms with E-state index in [0.717, 1.165) is 16.3 Å². The third-order valence-corrected chi connectivity index (χ3v) is 4.91. The first kappa shape index (κ1) is 16.6. The molecule has 4 aromatic rings. The van der Waals surface area contributed by atoms with Gasteiger partial charge in [0, 0.05) is 16.5 Å². The summed E-state index contributed by atoms with van der Waals surface area (Å²) < 4.78 is 18.6. The van der Waals surface area contributed by atoms with E-state index in [2.05, 4.69) is 42.2 Å². The molecule has 0 spiro atoms. The molecule has 0 unspecified atom stereocenters. The SMILES string of the molecule is Cc1ccc(-c2csc(Cc3nc(-c4cccc(F)c4)no3)n2)c(C)c1. The summed E-state index contributed by atoms with van der Waals surface area (Å²) in [5.41, 5.74) is 5.11. The summed E-state index contributed by atoms with van der Waals surface area (Å²) >= 11 is 1.56. The fourth-order valence-corrected chi connectivity index (χ4v) is 3.60. The molecule has 0 fully saturated rings. The quantitative estimate of drug-likeness (QED) is 0.498. The van der Waals surface area contributed by atoms with Gasteiger partial charge in [-0.1, -0.05) is 41.1 Å². The smallest absolute Gasteiger partial charge is 0.233 e. The zero-order chi connectivity index (χ0) is 18.1. The zero-order valence-electron chi connectivity index (χ0n) is 14.4. The summed E-state index contributed by atoms with van der Waals surface area (Å²) in [7, 11) is 0. The molecule has 4 nitrogen and oxygen atoms in total. The molecule has 2 aromatic heterocycles. The Morgan fingerprint density at radius 1 is 1.08 bits per heavy atom. The molecule has 2 aromatic carbocycles. The molecule has 26 heavy (non-hydrogen) atoms. The third kappa shape index (κ3) is 3.41. The number of nitrogens with zero attached hydrogens (tertiary/aromatic N) is 3. The van der Waals surface area contributed by atoms with Crippen LogP contribution in [0.1, 0.15) is 22.0 Å². The molecule has 0 atom stereocenters. The van der Waals surface area contributed by atoms with Crippen LogP contribution in [-0.2, 0) is 6.42 Å². The Bertz CT molecular complexity index is 1070. The van der Waals surface area contributed by atoms with Gasteiger partial charge in [-0.25, -0.2) is 9.37 Å². The molecule has 2 heterocycles. The molecule has 0 bridgehead atoms. The second-order valence-electron chi connectivity index (χ2n) is 6.14. The van der Waals surface area contributed by atoms with Crippen molar-refractivity contribution in [3.05, 3.63) is 75.7 Å². The second-order valence-corrected chi connectivity index (χ2v) is 7.09. The maximum Gasteiger partial charge on any atom is 0.233 e. The number of benzene rings is 2. The average molecular weight is 365 g/mol. The molecule has 0 aliphatic heterocycles. The number of thiazole rings is 1. The minimum Gasteiger partial charge on any atom is -0.339 e. The van der Waals surface area contributed by atoms with E-state index < -0.39 is 0 Å². The Hall–Kier alpha value is -2.86. The van der Waals surface area contributed by atoms with Crippen molar-refractivity contribution >= 4 is 11.3 Å². The highest BCUT2D eigenvalue weighted by Crippen LogP contribution is 2.27. The van der Waals surface area contributed by atoms with Crippen LogP contribution in [0.3, 0.4) is 0 Å². The van der Waals surface area contributed by atoms with Gasteiger partial charge in [0.15, 0.2) is 0 Å². The lowest BCUT2D eigenvalue weighted by Gasteiger charge is -2.03. The van der Waals surface area contributed by atoms with E-state index in [-0.39, 0.29) is 5.82 Å². The molecular formula is C20H16FN3OS. The van der Waals surface area contributed by atoms with E-state index in [4.69, 9.17) is 9.51 Å². The van der Waals surface area contributed by atoms with Gasteiger partial charge in [-0.15, -0.1) is 11.3 Å². The molecule has 4 rings (SSSR count). The molecule has 0 saturated heterocycles. The van der Waals surface area contributed by atoms with E-state index >= 15 is 0 Å². The second kappa shape index (κ2) is 6.80. The first-order valence-corrected chi connectivity index (χ1v) is 9.07. The van der Waals surface area contributed by atoms with Gasteiger partial charge in [-0.2, -0.15) is 4.98 Å². The molecule has 0 aliphatic rings. The lowest BCUT2D eigenvalue weighted by molar-refractivity contribution is 0.385. The minimum atomic E-state index is -0.327. The predicted molar refractivity (Wildman–Crippen MR) is 99.5 cm³/mol. The van der Waals surface area contributed by atoms with Gasteiger partial charge in [0.2, 0.25) is 11.7 Å². The van der Waals surface area contributed by atoms with Crippen molar-refractivity contribution in [1.82, 2.24) is 15.1 Å². The summed E-state index contributed by atoms with van der Waals surface area (Å²) in [6, 6.07) is 12.5. The monoisotopic (exact) mass is 365 g/mol. The van der Waals surface area contributed by atoms with Crippen LogP contribution in [-0.4, -0.2) is 15.1 Å². The number of aromatic nitrogens is 3. The highest BCUT2D eigenvalue weighted by atomic mass is 32.1. The van der Waals surface area contributed by atoms with Gasteiger partial charge in [0.05, 0.1) is 12.1 Å². The largest absolute Gasteiger partial charge is 0.339 e. The first-order valence-electron chi connectivity index (χ1n) is 8.19. The van der Waals surface area contributed by atoms with Crippen molar-refractivity contribution in [1.29, 1.82) is 0 Å². The van der Waals surface area contributed by atoms with E-state index in [0.29, 0.717) is 23.7 Å². The maximum absolute atomic E-state index is 13.3. The highest BCUT2D eigenvalue weighted by Gasteiger charge is 2.13. The van der Waals surface area contributed by atoms with Crippen molar-refractivity contribution < 1.29 is 8.91 Å². The van der Waals surface area contributed by atoms with Crippen molar-refractivity contribution in [2.75, 3.05) is 0 Å².